The molecule has 4 heterocycles. The molecule has 0 aliphatic carbocycles. The number of carbonyl (C=O) groups is 1. The number of halogens is 1. The third kappa shape index (κ3) is 5.18. The molecule has 0 amide bonds. The van der Waals surface area contributed by atoms with Crippen molar-refractivity contribution in [3.05, 3.63) is 61.7 Å². The third-order valence-corrected chi connectivity index (χ3v) is 6.80. The summed E-state index contributed by atoms with van der Waals surface area (Å²) in [5, 5.41) is 22.2. The molecule has 3 aromatic heterocycles. The second-order valence-corrected chi connectivity index (χ2v) is 9.72. The number of carboxylic acid groups (broad SMARTS) is 1. The second kappa shape index (κ2) is 10.0. The van der Waals surface area contributed by atoms with Crippen LogP contribution < -0.4 is 10.5 Å². The van der Waals surface area contributed by atoms with Crippen molar-refractivity contribution in [2.45, 2.75) is 51.6 Å². The standard InChI is InChI=1S/C24H27FN4O4S/c1-14(2)19-13-34-21(26-19)6-5-15-7-9-29-20(10-15)27-22(28-8-3-4-16(30)12-28)17(23(29)31)11-18(25)24(32)33/h7,9-11,13-14,16,30H,3-6,8,12H2,1-2H3,(H,32,33)/b18-11-. The van der Waals surface area contributed by atoms with Gasteiger partial charge in [0.25, 0.3) is 5.56 Å². The van der Waals surface area contributed by atoms with Crippen molar-refractivity contribution >= 4 is 34.8 Å². The number of fused-ring (bicyclic) bond motifs is 1. The molecule has 180 valence electrons. The number of carboxylic acids is 1. The van der Waals surface area contributed by atoms with Gasteiger partial charge in [0.15, 0.2) is 0 Å². The van der Waals surface area contributed by atoms with Gasteiger partial charge in [0.2, 0.25) is 5.83 Å². The largest absolute Gasteiger partial charge is 0.476 e. The molecule has 1 aliphatic rings. The van der Waals surface area contributed by atoms with E-state index in [4.69, 9.17) is 5.11 Å². The summed E-state index contributed by atoms with van der Waals surface area (Å²) in [5.41, 5.74) is 1.72. The van der Waals surface area contributed by atoms with Crippen LogP contribution in [-0.4, -0.2) is 49.7 Å². The fraction of sp³-hybridized carbons (Fsp3) is 0.417. The van der Waals surface area contributed by atoms with Crippen LogP contribution in [0.25, 0.3) is 11.7 Å². The van der Waals surface area contributed by atoms with Gasteiger partial charge in [0.1, 0.15) is 11.5 Å². The minimum absolute atomic E-state index is 0.150. The molecule has 1 aliphatic heterocycles. The molecular weight excluding hydrogens is 459 g/mol. The molecule has 1 saturated heterocycles. The number of aliphatic hydroxyl groups is 1. The predicted octanol–water partition coefficient (Wildman–Crippen LogP) is 3.42. The number of anilines is 1. The van der Waals surface area contributed by atoms with Crippen LogP contribution in [0.2, 0.25) is 0 Å². The monoisotopic (exact) mass is 486 g/mol. The first-order valence-corrected chi connectivity index (χ1v) is 12.1. The topological polar surface area (TPSA) is 108 Å². The molecular formula is C24H27FN4O4S. The Labute approximate surface area is 200 Å². The van der Waals surface area contributed by atoms with Crippen molar-refractivity contribution in [3.63, 3.8) is 0 Å². The van der Waals surface area contributed by atoms with E-state index in [0.717, 1.165) is 22.7 Å². The zero-order valence-corrected chi connectivity index (χ0v) is 19.9. The zero-order valence-electron chi connectivity index (χ0n) is 19.1. The number of β-amino-alcohol motifs (C(OH)–C–C–N with tert-alkyl or cyclic N) is 1. The van der Waals surface area contributed by atoms with Crippen molar-refractivity contribution in [2.75, 3.05) is 18.0 Å². The van der Waals surface area contributed by atoms with E-state index in [1.165, 1.54) is 4.40 Å². The van der Waals surface area contributed by atoms with Crippen LogP contribution in [0.4, 0.5) is 10.2 Å². The van der Waals surface area contributed by atoms with Crippen LogP contribution in [-0.2, 0) is 17.6 Å². The van der Waals surface area contributed by atoms with Gasteiger partial charge in [-0.15, -0.1) is 11.3 Å². The first kappa shape index (κ1) is 24.0. The molecule has 4 rings (SSSR count). The Morgan fingerprint density at radius 2 is 2.15 bits per heavy atom. The van der Waals surface area contributed by atoms with Crippen LogP contribution in [0.1, 0.15) is 54.4 Å². The number of rotatable bonds is 7. The van der Waals surface area contributed by atoms with E-state index in [-0.39, 0.29) is 17.9 Å². The first-order chi connectivity index (χ1) is 16.2. The van der Waals surface area contributed by atoms with Crippen molar-refractivity contribution in [1.29, 1.82) is 0 Å². The summed E-state index contributed by atoms with van der Waals surface area (Å²) < 4.78 is 15.3. The number of pyridine rings is 1. The Balaban J connectivity index is 1.71. The molecule has 1 unspecified atom stereocenters. The Morgan fingerprint density at radius 3 is 2.82 bits per heavy atom. The quantitative estimate of drug-likeness (QED) is 0.493. The average molecular weight is 487 g/mol. The van der Waals surface area contributed by atoms with E-state index in [1.807, 2.05) is 6.07 Å². The fourth-order valence-electron chi connectivity index (χ4n) is 4.00. The Bertz CT molecular complexity index is 1300. The normalized spacial score (nSPS) is 17.0. The molecule has 0 spiro atoms. The number of aryl methyl sites for hydroxylation is 2. The van der Waals surface area contributed by atoms with Crippen molar-refractivity contribution < 1.29 is 19.4 Å². The molecule has 0 radical (unpaired) electrons. The molecule has 1 atom stereocenters. The van der Waals surface area contributed by atoms with Crippen LogP contribution in [0, 0.1) is 0 Å². The molecule has 8 nitrogen and oxygen atoms in total. The first-order valence-electron chi connectivity index (χ1n) is 11.3. The third-order valence-electron chi connectivity index (χ3n) is 5.87. The predicted molar refractivity (Wildman–Crippen MR) is 129 cm³/mol. The smallest absolute Gasteiger partial charge is 0.364 e. The van der Waals surface area contributed by atoms with E-state index >= 15 is 0 Å². The summed E-state index contributed by atoms with van der Waals surface area (Å²) in [7, 11) is 0. The van der Waals surface area contributed by atoms with Gasteiger partial charge in [-0.05, 0) is 49.0 Å². The molecule has 0 saturated carbocycles. The van der Waals surface area contributed by atoms with Crippen molar-refractivity contribution in [3.8, 4) is 0 Å². The maximum absolute atomic E-state index is 14.0. The SMILES string of the molecule is CC(C)c1csc(CCc2ccn3c(=O)c(/C=C(\F)C(=O)O)c(N4CCCC(O)C4)nc3c2)n1. The van der Waals surface area contributed by atoms with E-state index < -0.39 is 23.5 Å². The van der Waals surface area contributed by atoms with Crippen molar-refractivity contribution in [2.24, 2.45) is 0 Å². The second-order valence-electron chi connectivity index (χ2n) is 8.78. The van der Waals surface area contributed by atoms with E-state index in [1.54, 1.807) is 28.5 Å². The Hall–Kier alpha value is -3.11. The summed E-state index contributed by atoms with van der Waals surface area (Å²) in [6, 6.07) is 3.61. The highest BCUT2D eigenvalue weighted by atomic mass is 32.1. The fourth-order valence-corrected chi connectivity index (χ4v) is 4.96. The van der Waals surface area contributed by atoms with E-state index in [2.05, 4.69) is 29.2 Å². The lowest BCUT2D eigenvalue weighted by molar-refractivity contribution is -0.134. The lowest BCUT2D eigenvalue weighted by atomic mass is 10.1. The van der Waals surface area contributed by atoms with Gasteiger partial charge in [0.05, 0.1) is 22.4 Å². The van der Waals surface area contributed by atoms with Crippen LogP contribution in [0.15, 0.2) is 34.3 Å². The summed E-state index contributed by atoms with van der Waals surface area (Å²) in [5.74, 6) is -2.65. The van der Waals surface area contributed by atoms with Gasteiger partial charge in [-0.25, -0.2) is 14.8 Å². The maximum atomic E-state index is 14.0. The zero-order chi connectivity index (χ0) is 24.4. The van der Waals surface area contributed by atoms with Gasteiger partial charge in [-0.3, -0.25) is 9.20 Å². The van der Waals surface area contributed by atoms with E-state index in [0.29, 0.717) is 43.4 Å². The minimum atomic E-state index is -1.76. The van der Waals surface area contributed by atoms with E-state index in [9.17, 15) is 19.1 Å². The van der Waals surface area contributed by atoms with Crippen molar-refractivity contribution in [1.82, 2.24) is 14.4 Å². The highest BCUT2D eigenvalue weighted by Crippen LogP contribution is 2.24. The minimum Gasteiger partial charge on any atom is -0.476 e. The molecule has 1 fully saturated rings. The van der Waals surface area contributed by atoms with Gasteiger partial charge in [0, 0.05) is 31.1 Å². The van der Waals surface area contributed by atoms with Gasteiger partial charge in [-0.1, -0.05) is 13.8 Å². The lowest BCUT2D eigenvalue weighted by Crippen LogP contribution is -2.40. The molecule has 0 aromatic carbocycles. The summed E-state index contributed by atoms with van der Waals surface area (Å²) in [6.07, 6.45) is 4.46. The highest BCUT2D eigenvalue weighted by molar-refractivity contribution is 7.09. The molecule has 34 heavy (non-hydrogen) atoms. The van der Waals surface area contributed by atoms with Crippen LogP contribution >= 0.6 is 11.3 Å². The number of thiazole rings is 1. The van der Waals surface area contributed by atoms with Gasteiger partial charge < -0.3 is 15.1 Å². The lowest BCUT2D eigenvalue weighted by Gasteiger charge is -2.32. The number of aliphatic hydroxyl groups excluding tert-OH is 1. The number of hydrogen-bond acceptors (Lipinski definition) is 7. The molecule has 10 heteroatoms. The number of aliphatic carboxylic acids is 1. The number of aromatic nitrogens is 3. The number of hydrogen-bond donors (Lipinski definition) is 2. The highest BCUT2D eigenvalue weighted by Gasteiger charge is 2.24. The Kier molecular flexibility index (Phi) is 7.08. The van der Waals surface area contributed by atoms with Gasteiger partial charge >= 0.3 is 5.97 Å². The summed E-state index contributed by atoms with van der Waals surface area (Å²) in [4.78, 5) is 35.3. The summed E-state index contributed by atoms with van der Waals surface area (Å²) >= 11 is 1.63. The van der Waals surface area contributed by atoms with Gasteiger partial charge in [-0.2, -0.15) is 4.39 Å². The molecule has 0 bridgehead atoms. The van der Waals surface area contributed by atoms with Crippen LogP contribution in [0.5, 0.6) is 0 Å². The molecule has 2 N–H and O–H groups in total. The van der Waals surface area contributed by atoms with Crippen LogP contribution in [0.3, 0.4) is 0 Å². The molecule has 3 aromatic rings. The number of piperidine rings is 1. The average Bonchev–Trinajstić information content (AvgIpc) is 3.28. The summed E-state index contributed by atoms with van der Waals surface area (Å²) in [6.45, 7) is 4.98. The number of nitrogens with zero attached hydrogens (tertiary/aromatic N) is 4. The Morgan fingerprint density at radius 1 is 1.35 bits per heavy atom. The maximum Gasteiger partial charge on any atom is 0.364 e.